The van der Waals surface area contributed by atoms with Gasteiger partial charge >= 0.3 is 0 Å². The fourth-order valence-electron chi connectivity index (χ4n) is 3.15. The molecule has 1 aliphatic carbocycles. The van der Waals surface area contributed by atoms with E-state index in [0.29, 0.717) is 5.03 Å². The summed E-state index contributed by atoms with van der Waals surface area (Å²) in [5.41, 5.74) is 1.00. The van der Waals surface area contributed by atoms with Gasteiger partial charge in [0, 0.05) is 5.03 Å². The topological polar surface area (TPSA) is 64.6 Å². The summed E-state index contributed by atoms with van der Waals surface area (Å²) in [6.07, 6.45) is 0.909. The van der Waals surface area contributed by atoms with Crippen LogP contribution in [0.2, 0.25) is 0 Å². The predicted molar refractivity (Wildman–Crippen MR) is 92.2 cm³/mol. The number of fused-ring (bicyclic) bond motifs is 1. The number of nitrogens with one attached hydrogen (secondary N) is 1. The van der Waals surface area contributed by atoms with E-state index in [4.69, 9.17) is 21.1 Å². The van der Waals surface area contributed by atoms with Crippen LogP contribution in [0.25, 0.3) is 0 Å². The fourth-order valence-corrected chi connectivity index (χ4v) is 4.86. The number of rotatable bonds is 3. The molecule has 1 N–H and O–H groups in total. The van der Waals surface area contributed by atoms with E-state index >= 15 is 0 Å². The highest BCUT2D eigenvalue weighted by Gasteiger charge is 2.51. The Morgan fingerprint density at radius 3 is 2.42 bits per heavy atom. The van der Waals surface area contributed by atoms with Gasteiger partial charge in [-0.1, -0.05) is 42.3 Å². The molecule has 1 saturated heterocycles. The average molecular weight is 372 g/mol. The zero-order valence-electron chi connectivity index (χ0n) is 14.1. The van der Waals surface area contributed by atoms with E-state index in [1.807, 2.05) is 19.9 Å². The lowest BCUT2D eigenvalue weighted by atomic mass is 9.88. The second-order valence-corrected chi connectivity index (χ2v) is 9.04. The lowest BCUT2D eigenvalue weighted by molar-refractivity contribution is -0.145. The first-order valence-electron chi connectivity index (χ1n) is 7.91. The standard InChI is InChI=1S/C17H22ClNO4S/c1-10-5-7-12(8-6-10)24(20,21)19-14-11(2)9-13(18)15-16(14)23-17(3,4)22-15/h5-9,11,14-16,19H,1-4H3/t11-,14-,15-,16+/m1/s1. The van der Waals surface area contributed by atoms with E-state index in [2.05, 4.69) is 4.72 Å². The minimum atomic E-state index is -3.66. The van der Waals surface area contributed by atoms with E-state index in [9.17, 15) is 8.42 Å². The summed E-state index contributed by atoms with van der Waals surface area (Å²) in [5.74, 6) is -0.919. The molecule has 1 heterocycles. The van der Waals surface area contributed by atoms with E-state index in [-0.39, 0.29) is 10.8 Å². The van der Waals surface area contributed by atoms with Crippen molar-refractivity contribution < 1.29 is 17.9 Å². The zero-order valence-corrected chi connectivity index (χ0v) is 15.7. The Morgan fingerprint density at radius 2 is 1.79 bits per heavy atom. The van der Waals surface area contributed by atoms with Gasteiger partial charge in [-0.25, -0.2) is 13.1 Å². The summed E-state index contributed by atoms with van der Waals surface area (Å²) in [5, 5.41) is 0.559. The van der Waals surface area contributed by atoms with Crippen molar-refractivity contribution >= 4 is 21.6 Å². The van der Waals surface area contributed by atoms with Crippen LogP contribution in [0.15, 0.2) is 40.3 Å². The van der Waals surface area contributed by atoms with Crippen LogP contribution in [0.5, 0.6) is 0 Å². The fraction of sp³-hybridized carbons (Fsp3) is 0.529. The van der Waals surface area contributed by atoms with Crippen molar-refractivity contribution in [3.05, 3.63) is 40.9 Å². The smallest absolute Gasteiger partial charge is 0.240 e. The highest BCUT2D eigenvalue weighted by molar-refractivity contribution is 7.89. The second-order valence-electron chi connectivity index (χ2n) is 6.89. The number of halogens is 1. The van der Waals surface area contributed by atoms with Gasteiger partial charge in [0.15, 0.2) is 5.79 Å². The minimum Gasteiger partial charge on any atom is -0.342 e. The lowest BCUT2D eigenvalue weighted by Crippen LogP contribution is -2.53. The summed E-state index contributed by atoms with van der Waals surface area (Å²) in [7, 11) is -3.66. The van der Waals surface area contributed by atoms with Gasteiger partial charge in [-0.05, 0) is 38.8 Å². The van der Waals surface area contributed by atoms with Crippen molar-refractivity contribution in [3.63, 3.8) is 0 Å². The molecule has 1 fully saturated rings. The summed E-state index contributed by atoms with van der Waals surface area (Å²) in [6.45, 7) is 7.42. The van der Waals surface area contributed by atoms with Crippen LogP contribution in [0.3, 0.4) is 0 Å². The number of hydrogen-bond acceptors (Lipinski definition) is 4. The monoisotopic (exact) mass is 371 g/mol. The van der Waals surface area contributed by atoms with Gasteiger partial charge in [0.1, 0.15) is 12.2 Å². The Labute approximate surface area is 148 Å². The molecule has 4 atom stereocenters. The van der Waals surface area contributed by atoms with Crippen molar-refractivity contribution in [1.29, 1.82) is 0 Å². The van der Waals surface area contributed by atoms with E-state index in [0.717, 1.165) is 5.56 Å². The third-order valence-electron chi connectivity index (χ3n) is 4.37. The van der Waals surface area contributed by atoms with Crippen LogP contribution >= 0.6 is 11.6 Å². The predicted octanol–water partition coefficient (Wildman–Crippen LogP) is 2.93. The number of sulfonamides is 1. The maximum atomic E-state index is 12.7. The van der Waals surface area contributed by atoms with Crippen LogP contribution in [0.1, 0.15) is 26.3 Å². The summed E-state index contributed by atoms with van der Waals surface area (Å²) in [4.78, 5) is 0.232. The van der Waals surface area contributed by atoms with E-state index in [1.165, 1.54) is 0 Å². The summed E-state index contributed by atoms with van der Waals surface area (Å²) in [6, 6.07) is 6.29. The van der Waals surface area contributed by atoms with Gasteiger partial charge in [-0.2, -0.15) is 0 Å². The van der Waals surface area contributed by atoms with Gasteiger partial charge < -0.3 is 9.47 Å². The summed E-state index contributed by atoms with van der Waals surface area (Å²) < 4.78 is 40.0. The maximum Gasteiger partial charge on any atom is 0.240 e. The van der Waals surface area contributed by atoms with Crippen molar-refractivity contribution in [2.24, 2.45) is 5.92 Å². The molecule has 0 spiro atoms. The Morgan fingerprint density at radius 1 is 1.17 bits per heavy atom. The molecule has 132 valence electrons. The Bertz CT molecular complexity index is 757. The molecule has 0 amide bonds. The molecular weight excluding hydrogens is 350 g/mol. The third kappa shape index (κ3) is 3.39. The average Bonchev–Trinajstić information content (AvgIpc) is 2.80. The van der Waals surface area contributed by atoms with Crippen LogP contribution in [0, 0.1) is 12.8 Å². The van der Waals surface area contributed by atoms with Gasteiger partial charge in [-0.3, -0.25) is 0 Å². The van der Waals surface area contributed by atoms with Gasteiger partial charge in [0.25, 0.3) is 0 Å². The van der Waals surface area contributed by atoms with Crippen molar-refractivity contribution in [2.45, 2.75) is 56.6 Å². The quantitative estimate of drug-likeness (QED) is 0.887. The molecule has 1 aromatic rings. The number of ether oxygens (including phenoxy) is 2. The van der Waals surface area contributed by atoms with Crippen molar-refractivity contribution in [1.82, 2.24) is 4.72 Å². The molecule has 1 aromatic carbocycles. The molecule has 5 nitrogen and oxygen atoms in total. The van der Waals surface area contributed by atoms with E-state index in [1.54, 1.807) is 38.1 Å². The Balaban J connectivity index is 1.89. The molecule has 7 heteroatoms. The Hall–Kier alpha value is -0.920. The number of aryl methyl sites for hydroxylation is 1. The van der Waals surface area contributed by atoms with E-state index < -0.39 is 34.1 Å². The molecule has 0 aromatic heterocycles. The lowest BCUT2D eigenvalue weighted by Gasteiger charge is -2.34. The summed E-state index contributed by atoms with van der Waals surface area (Å²) >= 11 is 6.29. The first-order chi connectivity index (χ1) is 11.1. The molecule has 24 heavy (non-hydrogen) atoms. The molecule has 0 saturated carbocycles. The molecule has 0 unspecified atom stereocenters. The second kappa shape index (κ2) is 6.11. The van der Waals surface area contributed by atoms with Crippen molar-refractivity contribution in [3.8, 4) is 0 Å². The number of hydrogen-bond donors (Lipinski definition) is 1. The van der Waals surface area contributed by atoms with Gasteiger partial charge in [0.2, 0.25) is 10.0 Å². The Kier molecular flexibility index (Phi) is 4.55. The highest BCUT2D eigenvalue weighted by Crippen LogP contribution is 2.40. The first kappa shape index (κ1) is 17.9. The molecule has 3 rings (SSSR count). The number of benzene rings is 1. The third-order valence-corrected chi connectivity index (χ3v) is 6.18. The minimum absolute atomic E-state index is 0.114. The largest absolute Gasteiger partial charge is 0.342 e. The first-order valence-corrected chi connectivity index (χ1v) is 9.77. The van der Waals surface area contributed by atoms with Gasteiger partial charge in [-0.15, -0.1) is 0 Å². The normalized spacial score (nSPS) is 32.3. The van der Waals surface area contributed by atoms with Crippen LogP contribution in [-0.4, -0.2) is 32.5 Å². The molecule has 1 aliphatic heterocycles. The molecular formula is C17H22ClNO4S. The SMILES string of the molecule is Cc1ccc(S(=O)(=O)N[C@H]2[C@@H]3OC(C)(C)O[C@@H]3C(Cl)=C[C@H]2C)cc1. The zero-order chi connectivity index (χ0) is 17.7. The van der Waals surface area contributed by atoms with Gasteiger partial charge in [0.05, 0.1) is 10.9 Å². The molecule has 0 bridgehead atoms. The van der Waals surface area contributed by atoms with Crippen LogP contribution in [0.4, 0.5) is 0 Å². The van der Waals surface area contributed by atoms with Crippen LogP contribution < -0.4 is 4.72 Å². The highest BCUT2D eigenvalue weighted by atomic mass is 35.5. The van der Waals surface area contributed by atoms with Crippen LogP contribution in [-0.2, 0) is 19.5 Å². The molecule has 0 radical (unpaired) electrons. The van der Waals surface area contributed by atoms with Crippen molar-refractivity contribution in [2.75, 3.05) is 0 Å². The maximum absolute atomic E-state index is 12.7. The molecule has 2 aliphatic rings.